The molecule has 212 valence electrons. The van der Waals surface area contributed by atoms with Crippen LogP contribution in [0, 0.1) is 29.1 Å². The minimum Gasteiger partial charge on any atom is -0.404 e. The summed E-state index contributed by atoms with van der Waals surface area (Å²) in [6.45, 7) is 11.5. The molecule has 3 saturated carbocycles. The summed E-state index contributed by atoms with van der Waals surface area (Å²) in [7, 11) is -0.403. The molecular weight excluding hydrogens is 495 g/mol. The van der Waals surface area contributed by atoms with E-state index in [1.807, 2.05) is 12.1 Å². The van der Waals surface area contributed by atoms with Crippen molar-refractivity contribution in [3.8, 4) is 0 Å². The van der Waals surface area contributed by atoms with Gasteiger partial charge >= 0.3 is 7.12 Å². The highest BCUT2D eigenvalue weighted by atomic mass is 16.7. The van der Waals surface area contributed by atoms with Crippen molar-refractivity contribution in [1.29, 1.82) is 0 Å². The molecule has 1 aliphatic heterocycles. The maximum absolute atomic E-state index is 14.1. The van der Waals surface area contributed by atoms with Gasteiger partial charge in [-0.2, -0.15) is 0 Å². The summed E-state index contributed by atoms with van der Waals surface area (Å²) < 4.78 is 13.5. The lowest BCUT2D eigenvalue weighted by atomic mass is 9.43. The Morgan fingerprint density at radius 2 is 1.82 bits per heavy atom. The van der Waals surface area contributed by atoms with Gasteiger partial charge in [0, 0.05) is 23.0 Å². The van der Waals surface area contributed by atoms with Gasteiger partial charge in [-0.25, -0.2) is 0 Å². The lowest BCUT2D eigenvalue weighted by Gasteiger charge is -2.64. The van der Waals surface area contributed by atoms with E-state index in [4.69, 9.17) is 9.31 Å². The number of H-pyrrole nitrogens is 1. The molecule has 6 heteroatoms. The quantitative estimate of drug-likeness (QED) is 0.280. The van der Waals surface area contributed by atoms with Crippen LogP contribution in [0.4, 0.5) is 0 Å². The third-order valence-electron chi connectivity index (χ3n) is 10.5. The highest BCUT2D eigenvalue weighted by molar-refractivity contribution is 6.47. The second-order valence-electron chi connectivity index (χ2n) is 13.9. The number of amides is 1. The maximum Gasteiger partial charge on any atom is 0.481 e. The van der Waals surface area contributed by atoms with Crippen molar-refractivity contribution in [2.75, 3.05) is 0 Å². The van der Waals surface area contributed by atoms with Crippen molar-refractivity contribution < 1.29 is 14.1 Å². The summed E-state index contributed by atoms with van der Waals surface area (Å²) in [5.41, 5.74) is 3.58. The molecule has 2 heterocycles. The number of nitrogens with one attached hydrogen (secondary N) is 2. The van der Waals surface area contributed by atoms with Crippen molar-refractivity contribution >= 4 is 23.9 Å². The summed E-state index contributed by atoms with van der Waals surface area (Å²) in [4.78, 5) is 17.5. The average molecular weight is 541 g/mol. The molecule has 2 bridgehead atoms. The fraction of sp³-hybridized carbons (Fsp3) is 0.559. The molecule has 0 radical (unpaired) electrons. The molecule has 6 atom stereocenters. The van der Waals surface area contributed by atoms with E-state index >= 15 is 0 Å². The van der Waals surface area contributed by atoms with Gasteiger partial charge < -0.3 is 19.6 Å². The molecule has 0 spiro atoms. The van der Waals surface area contributed by atoms with Crippen molar-refractivity contribution in [2.24, 2.45) is 29.1 Å². The van der Waals surface area contributed by atoms with Gasteiger partial charge in [-0.05, 0) is 85.8 Å². The van der Waals surface area contributed by atoms with E-state index in [-0.39, 0.29) is 29.5 Å². The molecule has 1 aromatic heterocycles. The van der Waals surface area contributed by atoms with Crippen LogP contribution in [-0.4, -0.2) is 35.7 Å². The van der Waals surface area contributed by atoms with E-state index in [0.717, 1.165) is 31.2 Å². The molecule has 4 fully saturated rings. The maximum atomic E-state index is 14.1. The van der Waals surface area contributed by atoms with Crippen molar-refractivity contribution in [2.45, 2.75) is 90.8 Å². The number of rotatable bonds is 10. The van der Waals surface area contributed by atoms with Crippen LogP contribution in [0.15, 0.2) is 60.8 Å². The molecule has 3 aromatic rings. The third-order valence-corrected chi connectivity index (χ3v) is 10.5. The molecule has 1 saturated heterocycles. The molecule has 2 aromatic carbocycles. The van der Waals surface area contributed by atoms with Crippen LogP contribution >= 0.6 is 0 Å². The number of benzene rings is 2. The molecule has 7 rings (SSSR count). The van der Waals surface area contributed by atoms with E-state index in [0.29, 0.717) is 29.6 Å². The molecule has 2 N–H and O–H groups in total. The number of hydrogen-bond donors (Lipinski definition) is 2. The first-order chi connectivity index (χ1) is 19.1. The SMILES string of the molecule is CC(C)C[C@H](NC(=O)[C@@H](CCc1ccccc1)Cc1c[nH]c2ccccc12)B1O[C@@H]2C[C@@H]3C[C@@H](C3(C)C)[C@]2(C)O1. The van der Waals surface area contributed by atoms with Gasteiger partial charge in [0.1, 0.15) is 0 Å². The zero-order chi connectivity index (χ0) is 28.1. The molecule has 4 aliphatic rings. The van der Waals surface area contributed by atoms with Crippen LogP contribution in [0.5, 0.6) is 0 Å². The number of carbonyl (C=O) groups excluding carboxylic acids is 1. The Kier molecular flexibility index (Phi) is 7.37. The Morgan fingerprint density at radius 3 is 2.58 bits per heavy atom. The number of aryl methyl sites for hydroxylation is 1. The second kappa shape index (κ2) is 10.7. The highest BCUT2D eigenvalue weighted by Crippen LogP contribution is 2.65. The summed E-state index contributed by atoms with van der Waals surface area (Å²) in [5, 5.41) is 4.66. The van der Waals surface area contributed by atoms with E-state index < -0.39 is 7.12 Å². The first-order valence-corrected chi connectivity index (χ1v) is 15.4. The van der Waals surface area contributed by atoms with Crippen LogP contribution in [0.25, 0.3) is 10.9 Å². The van der Waals surface area contributed by atoms with Gasteiger partial charge in [0.05, 0.1) is 17.6 Å². The number of fused-ring (bicyclic) bond motifs is 1. The van der Waals surface area contributed by atoms with Crippen molar-refractivity contribution in [1.82, 2.24) is 10.3 Å². The molecule has 1 amide bonds. The molecule has 3 aliphatic carbocycles. The van der Waals surface area contributed by atoms with E-state index in [2.05, 4.69) is 93.6 Å². The summed E-state index contributed by atoms with van der Waals surface area (Å²) in [6.07, 6.45) is 7.64. The predicted molar refractivity (Wildman–Crippen MR) is 162 cm³/mol. The number of para-hydroxylation sites is 1. The predicted octanol–water partition coefficient (Wildman–Crippen LogP) is 6.76. The van der Waals surface area contributed by atoms with Crippen molar-refractivity contribution in [3.63, 3.8) is 0 Å². The monoisotopic (exact) mass is 540 g/mol. The summed E-state index contributed by atoms with van der Waals surface area (Å²) >= 11 is 0. The Hall–Kier alpha value is -2.57. The number of hydrogen-bond acceptors (Lipinski definition) is 3. The van der Waals surface area contributed by atoms with E-state index in [1.165, 1.54) is 22.9 Å². The topological polar surface area (TPSA) is 63.4 Å². The molecular formula is C34H45BN2O3. The highest BCUT2D eigenvalue weighted by Gasteiger charge is 2.68. The van der Waals surface area contributed by atoms with E-state index in [9.17, 15) is 4.79 Å². The lowest BCUT2D eigenvalue weighted by molar-refractivity contribution is -0.199. The van der Waals surface area contributed by atoms with Crippen LogP contribution in [0.1, 0.15) is 71.4 Å². The van der Waals surface area contributed by atoms with Gasteiger partial charge in [-0.3, -0.25) is 4.79 Å². The lowest BCUT2D eigenvalue weighted by Crippen LogP contribution is -2.65. The van der Waals surface area contributed by atoms with Crippen molar-refractivity contribution in [3.05, 3.63) is 71.9 Å². The first kappa shape index (κ1) is 27.6. The van der Waals surface area contributed by atoms with Gasteiger partial charge in [-0.15, -0.1) is 0 Å². The summed E-state index contributed by atoms with van der Waals surface area (Å²) in [5.74, 6) is 1.40. The van der Waals surface area contributed by atoms with Crippen LogP contribution < -0.4 is 5.32 Å². The molecule has 0 unspecified atom stereocenters. The van der Waals surface area contributed by atoms with Gasteiger partial charge in [0.15, 0.2) is 0 Å². The Labute approximate surface area is 239 Å². The number of carbonyl (C=O) groups is 1. The molecule has 5 nitrogen and oxygen atoms in total. The average Bonchev–Trinajstić information content (AvgIpc) is 3.51. The normalized spacial score (nSPS) is 28.2. The fourth-order valence-corrected chi connectivity index (χ4v) is 7.99. The Balaban J connectivity index is 1.21. The minimum absolute atomic E-state index is 0.101. The smallest absolute Gasteiger partial charge is 0.404 e. The Morgan fingerprint density at radius 1 is 1.07 bits per heavy atom. The fourth-order valence-electron chi connectivity index (χ4n) is 7.99. The number of aromatic nitrogens is 1. The largest absolute Gasteiger partial charge is 0.481 e. The number of aromatic amines is 1. The van der Waals surface area contributed by atoms with Gasteiger partial charge in [-0.1, -0.05) is 76.2 Å². The van der Waals surface area contributed by atoms with E-state index in [1.54, 1.807) is 0 Å². The standard InChI is InChI=1S/C34H45BN2O3/c1-22(2)17-31(35-39-30-20-26-19-29(33(26,3)4)34(30,5)40-35)37-32(38)24(16-15-23-11-7-6-8-12-23)18-25-21-36-28-14-10-9-13-27(25)28/h6-14,21-22,24,26,29-31,36H,15-20H2,1-5H3,(H,37,38)/t24-,26-,29-,30+,31-,34-/m0/s1. The summed E-state index contributed by atoms with van der Waals surface area (Å²) in [6, 6.07) is 18.8. The first-order valence-electron chi connectivity index (χ1n) is 15.4. The van der Waals surface area contributed by atoms with Gasteiger partial charge in [0.2, 0.25) is 5.91 Å². The van der Waals surface area contributed by atoms with Crippen LogP contribution in [0.2, 0.25) is 0 Å². The second-order valence-corrected chi connectivity index (χ2v) is 13.9. The van der Waals surface area contributed by atoms with Crippen LogP contribution in [-0.2, 0) is 26.9 Å². The molecule has 40 heavy (non-hydrogen) atoms. The Bertz CT molecular complexity index is 1340. The third kappa shape index (κ3) is 5.03. The zero-order valence-electron chi connectivity index (χ0n) is 24.8. The van der Waals surface area contributed by atoms with Gasteiger partial charge in [0.25, 0.3) is 0 Å². The minimum atomic E-state index is -0.403. The van der Waals surface area contributed by atoms with Crippen LogP contribution in [0.3, 0.4) is 0 Å². The zero-order valence-corrected chi connectivity index (χ0v) is 24.8.